The van der Waals surface area contributed by atoms with E-state index < -0.39 is 11.9 Å². The van der Waals surface area contributed by atoms with E-state index in [1.165, 1.54) is 0 Å². The first-order valence-corrected chi connectivity index (χ1v) is 7.28. The van der Waals surface area contributed by atoms with Gasteiger partial charge in [0.05, 0.1) is 11.5 Å². The highest BCUT2D eigenvalue weighted by Gasteiger charge is 2.19. The summed E-state index contributed by atoms with van der Waals surface area (Å²) in [7, 11) is 0. The van der Waals surface area contributed by atoms with Crippen LogP contribution in [0.4, 0.5) is 5.82 Å². The number of pyridine rings is 1. The van der Waals surface area contributed by atoms with Gasteiger partial charge in [0.25, 0.3) is 5.91 Å². The maximum absolute atomic E-state index is 11.5. The molecule has 114 valence electrons. The Morgan fingerprint density at radius 3 is 2.90 bits per heavy atom. The molecule has 1 atom stereocenters. The molecule has 0 radical (unpaired) electrons. The molecular weight excluding hydrogens is 270 g/mol. The number of nitrogens with one attached hydrogen (secondary N) is 1. The van der Waals surface area contributed by atoms with Crippen molar-refractivity contribution in [2.75, 3.05) is 11.9 Å². The van der Waals surface area contributed by atoms with Gasteiger partial charge in [-0.15, -0.1) is 0 Å². The first-order chi connectivity index (χ1) is 9.99. The van der Waals surface area contributed by atoms with E-state index in [2.05, 4.69) is 10.3 Å². The lowest BCUT2D eigenvalue weighted by atomic mass is 10.1. The second-order valence-electron chi connectivity index (χ2n) is 5.52. The molecule has 1 amide bonds. The second-order valence-corrected chi connectivity index (χ2v) is 5.52. The zero-order valence-corrected chi connectivity index (χ0v) is 12.2. The molecule has 0 saturated heterocycles. The Hall–Kier alpha value is -2.11. The summed E-state index contributed by atoms with van der Waals surface area (Å²) in [5.41, 5.74) is 7.96. The molecule has 1 aliphatic rings. The van der Waals surface area contributed by atoms with Crippen LogP contribution in [0.3, 0.4) is 0 Å². The van der Waals surface area contributed by atoms with Gasteiger partial charge in [-0.25, -0.2) is 4.98 Å². The Labute approximate surface area is 123 Å². The summed E-state index contributed by atoms with van der Waals surface area (Å²) in [6.07, 6.45) is 4.21. The van der Waals surface area contributed by atoms with E-state index in [-0.39, 0.29) is 5.92 Å². The number of carboxylic acids is 1. The van der Waals surface area contributed by atoms with E-state index in [9.17, 15) is 9.59 Å². The van der Waals surface area contributed by atoms with Crippen molar-refractivity contribution in [1.29, 1.82) is 0 Å². The number of fused-ring (bicyclic) bond motifs is 1. The third kappa shape index (κ3) is 3.71. The topological polar surface area (TPSA) is 105 Å². The van der Waals surface area contributed by atoms with Crippen molar-refractivity contribution < 1.29 is 14.7 Å². The number of carboxylic acid groups (broad SMARTS) is 1. The number of rotatable bonds is 7. The first kappa shape index (κ1) is 15.3. The molecule has 6 heteroatoms. The van der Waals surface area contributed by atoms with Crippen molar-refractivity contribution in [2.45, 2.75) is 39.0 Å². The maximum Gasteiger partial charge on any atom is 0.306 e. The predicted molar refractivity (Wildman–Crippen MR) is 79.3 cm³/mol. The minimum Gasteiger partial charge on any atom is -0.481 e. The van der Waals surface area contributed by atoms with Crippen molar-refractivity contribution in [3.8, 4) is 0 Å². The van der Waals surface area contributed by atoms with Gasteiger partial charge in [-0.2, -0.15) is 0 Å². The third-order valence-electron chi connectivity index (χ3n) is 3.84. The van der Waals surface area contributed by atoms with Crippen molar-refractivity contribution in [3.63, 3.8) is 0 Å². The molecule has 1 aliphatic carbocycles. The molecule has 2 rings (SSSR count). The van der Waals surface area contributed by atoms with Gasteiger partial charge in [-0.1, -0.05) is 6.92 Å². The number of aliphatic carboxylic acids is 1. The van der Waals surface area contributed by atoms with Gasteiger partial charge in [-0.3, -0.25) is 9.59 Å². The number of anilines is 1. The van der Waals surface area contributed by atoms with E-state index in [0.717, 1.165) is 30.5 Å². The van der Waals surface area contributed by atoms with Crippen LogP contribution in [-0.4, -0.2) is 28.5 Å². The van der Waals surface area contributed by atoms with Gasteiger partial charge in [0.1, 0.15) is 5.82 Å². The van der Waals surface area contributed by atoms with Crippen molar-refractivity contribution in [3.05, 3.63) is 22.9 Å². The molecule has 1 heterocycles. The average Bonchev–Trinajstić information content (AvgIpc) is 2.89. The Bertz CT molecular complexity index is 557. The van der Waals surface area contributed by atoms with Crippen LogP contribution in [0.15, 0.2) is 6.07 Å². The average molecular weight is 291 g/mol. The quantitative estimate of drug-likeness (QED) is 0.661. The van der Waals surface area contributed by atoms with Crippen molar-refractivity contribution in [1.82, 2.24) is 4.98 Å². The first-order valence-electron chi connectivity index (χ1n) is 7.28. The monoisotopic (exact) mass is 291 g/mol. The number of amides is 1. The lowest BCUT2D eigenvalue weighted by Crippen LogP contribution is -2.18. The number of aromatic nitrogens is 1. The number of hydrogen-bond donors (Lipinski definition) is 3. The molecule has 1 aromatic rings. The largest absolute Gasteiger partial charge is 0.481 e. The van der Waals surface area contributed by atoms with Crippen LogP contribution in [0.25, 0.3) is 0 Å². The minimum atomic E-state index is -0.788. The summed E-state index contributed by atoms with van der Waals surface area (Å²) in [5.74, 6) is -1.12. The zero-order chi connectivity index (χ0) is 15.4. The van der Waals surface area contributed by atoms with Gasteiger partial charge < -0.3 is 16.2 Å². The van der Waals surface area contributed by atoms with E-state index in [1.54, 1.807) is 6.92 Å². The van der Waals surface area contributed by atoms with Gasteiger partial charge in [-0.05, 0) is 43.7 Å². The lowest BCUT2D eigenvalue weighted by molar-refractivity contribution is -0.141. The number of carbonyl (C=O) groups excluding carboxylic acids is 1. The van der Waals surface area contributed by atoms with Crippen molar-refractivity contribution >= 4 is 17.7 Å². The van der Waals surface area contributed by atoms with E-state index in [1.807, 2.05) is 6.07 Å². The number of aryl methyl sites for hydroxylation is 2. The maximum atomic E-state index is 11.5. The zero-order valence-electron chi connectivity index (χ0n) is 12.2. The lowest BCUT2D eigenvalue weighted by Gasteiger charge is -2.12. The number of nitrogens with zero attached hydrogens (tertiary/aromatic N) is 1. The highest BCUT2D eigenvalue weighted by Crippen LogP contribution is 2.25. The van der Waals surface area contributed by atoms with E-state index in [4.69, 9.17) is 10.8 Å². The minimum absolute atomic E-state index is 0.365. The van der Waals surface area contributed by atoms with Crippen LogP contribution in [-0.2, 0) is 17.6 Å². The van der Waals surface area contributed by atoms with Crippen molar-refractivity contribution in [2.24, 2.45) is 11.7 Å². The third-order valence-corrected chi connectivity index (χ3v) is 3.84. The fourth-order valence-corrected chi connectivity index (χ4v) is 2.53. The van der Waals surface area contributed by atoms with Gasteiger partial charge in [0.2, 0.25) is 0 Å². The van der Waals surface area contributed by atoms with Crippen LogP contribution < -0.4 is 11.1 Å². The molecule has 0 aromatic carbocycles. The fraction of sp³-hybridized carbons (Fsp3) is 0.533. The summed E-state index contributed by atoms with van der Waals surface area (Å²) in [6, 6.07) is 1.83. The Morgan fingerprint density at radius 2 is 2.24 bits per heavy atom. The van der Waals surface area contributed by atoms with Crippen LogP contribution in [0.2, 0.25) is 0 Å². The Morgan fingerprint density at radius 1 is 1.48 bits per heavy atom. The normalized spacial score (nSPS) is 14.5. The number of nitrogens with two attached hydrogens (primary N) is 1. The molecule has 0 bridgehead atoms. The molecule has 4 N–H and O–H groups in total. The molecule has 6 nitrogen and oxygen atoms in total. The fourth-order valence-electron chi connectivity index (χ4n) is 2.53. The summed E-state index contributed by atoms with van der Waals surface area (Å²) < 4.78 is 0. The summed E-state index contributed by atoms with van der Waals surface area (Å²) in [6.45, 7) is 2.26. The molecule has 1 aromatic heterocycles. The molecule has 1 unspecified atom stereocenters. The molecule has 0 saturated carbocycles. The molecule has 21 heavy (non-hydrogen) atoms. The summed E-state index contributed by atoms with van der Waals surface area (Å²) >= 11 is 0. The van der Waals surface area contributed by atoms with Crippen LogP contribution in [0.5, 0.6) is 0 Å². The molecular formula is C15H21N3O3. The summed E-state index contributed by atoms with van der Waals surface area (Å²) in [5, 5.41) is 11.9. The predicted octanol–water partition coefficient (Wildman–Crippen LogP) is 1.58. The second kappa shape index (κ2) is 6.56. The van der Waals surface area contributed by atoms with Crippen LogP contribution in [0, 0.1) is 5.92 Å². The molecule has 0 fully saturated rings. The number of carbonyl (C=O) groups is 2. The highest BCUT2D eigenvalue weighted by molar-refractivity contribution is 5.97. The van der Waals surface area contributed by atoms with Gasteiger partial charge in [0.15, 0.2) is 0 Å². The van der Waals surface area contributed by atoms with Gasteiger partial charge in [0, 0.05) is 12.2 Å². The Balaban J connectivity index is 1.99. The smallest absolute Gasteiger partial charge is 0.306 e. The van der Waals surface area contributed by atoms with Crippen LogP contribution in [0.1, 0.15) is 47.8 Å². The SMILES string of the molecule is CC(CCCNc1nc2c(cc1C(N)=O)CCC2)C(=O)O. The van der Waals surface area contributed by atoms with E-state index >= 15 is 0 Å². The van der Waals surface area contributed by atoms with Gasteiger partial charge >= 0.3 is 5.97 Å². The summed E-state index contributed by atoms with van der Waals surface area (Å²) in [4.78, 5) is 26.8. The van der Waals surface area contributed by atoms with Crippen LogP contribution >= 0.6 is 0 Å². The Kier molecular flexibility index (Phi) is 4.77. The molecule has 0 aliphatic heterocycles. The molecule has 0 spiro atoms. The van der Waals surface area contributed by atoms with E-state index in [0.29, 0.717) is 30.8 Å². The number of primary amides is 1. The highest BCUT2D eigenvalue weighted by atomic mass is 16.4. The number of hydrogen-bond acceptors (Lipinski definition) is 4. The standard InChI is InChI=1S/C15H21N3O3/c1-9(15(20)21)4-3-7-17-14-11(13(16)19)8-10-5-2-6-12(10)18-14/h8-9H,2-7H2,1H3,(H2,16,19)(H,17,18)(H,20,21).